The second-order valence-corrected chi connectivity index (χ2v) is 8.26. The first-order valence-electron chi connectivity index (χ1n) is 9.45. The lowest BCUT2D eigenvalue weighted by Crippen LogP contribution is -2.74. The van der Waals surface area contributed by atoms with E-state index in [0.717, 1.165) is 48.8 Å². The average Bonchev–Trinajstić information content (AvgIpc) is 3.18. The Morgan fingerprint density at radius 2 is 2.15 bits per heavy atom. The van der Waals surface area contributed by atoms with E-state index in [-0.39, 0.29) is 16.6 Å². The summed E-state index contributed by atoms with van der Waals surface area (Å²) in [5.74, 6) is 0.647. The third-order valence-corrected chi connectivity index (χ3v) is 6.30. The lowest BCUT2D eigenvalue weighted by atomic mass is 9.39. The van der Waals surface area contributed by atoms with Gasteiger partial charge in [-0.3, -0.25) is 4.98 Å². The van der Waals surface area contributed by atoms with Crippen LogP contribution in [0.2, 0.25) is 0 Å². The maximum Gasteiger partial charge on any atom is 0.340 e. The monoisotopic (exact) mass is 362 g/mol. The summed E-state index contributed by atoms with van der Waals surface area (Å²) in [7, 11) is 0. The maximum absolute atomic E-state index is 11.1. The molecule has 0 unspecified atom stereocenters. The van der Waals surface area contributed by atoms with Gasteiger partial charge in [0.05, 0.1) is 6.54 Å². The molecule has 3 aliphatic rings. The molecular formula is C20H22N6O. The summed E-state index contributed by atoms with van der Waals surface area (Å²) in [4.78, 5) is 13.8. The number of fused-ring (bicyclic) bond motifs is 1. The molecule has 0 amide bonds. The fourth-order valence-corrected chi connectivity index (χ4v) is 5.15. The van der Waals surface area contributed by atoms with Gasteiger partial charge in [-0.25, -0.2) is 9.89 Å². The Labute approximate surface area is 156 Å². The lowest BCUT2D eigenvalue weighted by Gasteiger charge is -2.71. The number of benzene rings is 1. The van der Waals surface area contributed by atoms with Crippen molar-refractivity contribution in [2.45, 2.75) is 51.2 Å². The highest BCUT2D eigenvalue weighted by molar-refractivity contribution is 5.83. The highest BCUT2D eigenvalue weighted by atomic mass is 16.1. The topological polar surface area (TPSA) is 102 Å². The van der Waals surface area contributed by atoms with E-state index in [0.29, 0.717) is 12.4 Å². The molecule has 3 fully saturated rings. The number of hydrogen-bond acceptors (Lipinski definition) is 4. The minimum absolute atomic E-state index is 0.168. The van der Waals surface area contributed by atoms with Crippen LogP contribution in [0.5, 0.6) is 0 Å². The molecule has 7 nitrogen and oxygen atoms in total. The van der Waals surface area contributed by atoms with E-state index in [1.54, 1.807) is 0 Å². The zero-order valence-corrected chi connectivity index (χ0v) is 15.3. The predicted octanol–water partition coefficient (Wildman–Crippen LogP) is 2.20. The first-order valence-corrected chi connectivity index (χ1v) is 9.45. The molecule has 6 rings (SSSR count). The molecule has 1 aromatic carbocycles. The molecule has 3 aliphatic carbocycles. The minimum atomic E-state index is -0.268. The van der Waals surface area contributed by atoms with Crippen molar-refractivity contribution in [3.63, 3.8) is 0 Å². The Morgan fingerprint density at radius 1 is 1.33 bits per heavy atom. The van der Waals surface area contributed by atoms with Crippen molar-refractivity contribution in [2.24, 2.45) is 5.41 Å². The smallest absolute Gasteiger partial charge is 0.332 e. The van der Waals surface area contributed by atoms with E-state index >= 15 is 0 Å². The summed E-state index contributed by atoms with van der Waals surface area (Å²) in [6.07, 6.45) is 4.31. The fourth-order valence-electron chi connectivity index (χ4n) is 5.15. The third-order valence-electron chi connectivity index (χ3n) is 6.30. The van der Waals surface area contributed by atoms with Gasteiger partial charge in [0.25, 0.3) is 0 Å². The van der Waals surface area contributed by atoms with Crippen LogP contribution in [0.4, 0.5) is 0 Å². The molecule has 2 aromatic heterocycles. The van der Waals surface area contributed by atoms with Gasteiger partial charge in [-0.15, -0.1) is 0 Å². The molecule has 0 radical (unpaired) electrons. The van der Waals surface area contributed by atoms with E-state index in [2.05, 4.69) is 56.3 Å². The number of aryl methyl sites for hydroxylation is 1. The Morgan fingerprint density at radius 3 is 2.81 bits per heavy atom. The minimum Gasteiger partial charge on any atom is -0.332 e. The van der Waals surface area contributed by atoms with Crippen LogP contribution >= 0.6 is 0 Å². The van der Waals surface area contributed by atoms with Gasteiger partial charge >= 0.3 is 5.69 Å². The highest BCUT2D eigenvalue weighted by Crippen LogP contribution is 2.68. The summed E-state index contributed by atoms with van der Waals surface area (Å²) in [5.41, 5.74) is 3.39. The van der Waals surface area contributed by atoms with Crippen LogP contribution in [0.3, 0.4) is 0 Å². The summed E-state index contributed by atoms with van der Waals surface area (Å²) in [6, 6.07) is 10.9. The molecule has 0 spiro atoms. The Hall–Kier alpha value is -2.85. The molecule has 27 heavy (non-hydrogen) atoms. The lowest BCUT2D eigenvalue weighted by molar-refractivity contribution is -0.164. The van der Waals surface area contributed by atoms with E-state index in [1.165, 1.54) is 5.56 Å². The molecule has 7 heteroatoms. The van der Waals surface area contributed by atoms with Gasteiger partial charge < -0.3 is 9.88 Å². The second kappa shape index (κ2) is 5.57. The Kier molecular flexibility index (Phi) is 3.37. The van der Waals surface area contributed by atoms with Crippen molar-refractivity contribution in [2.75, 3.05) is 0 Å². The number of rotatable bonds is 6. The Bertz CT molecular complexity index is 1110. The maximum atomic E-state index is 11.1. The average molecular weight is 362 g/mol. The van der Waals surface area contributed by atoms with Crippen LogP contribution in [0.15, 0.2) is 29.1 Å². The van der Waals surface area contributed by atoms with Gasteiger partial charge in [0, 0.05) is 23.0 Å². The van der Waals surface area contributed by atoms with E-state index in [9.17, 15) is 10.1 Å². The number of hydrogen-bond donors (Lipinski definition) is 3. The number of nitriles is 1. The van der Waals surface area contributed by atoms with Crippen molar-refractivity contribution in [1.82, 2.24) is 25.1 Å². The number of nitrogens with zero attached hydrogens (tertiary/aromatic N) is 3. The van der Waals surface area contributed by atoms with Crippen molar-refractivity contribution in [3.8, 4) is 6.07 Å². The van der Waals surface area contributed by atoms with Gasteiger partial charge in [-0.05, 0) is 54.9 Å². The van der Waals surface area contributed by atoms with Crippen molar-refractivity contribution < 1.29 is 0 Å². The molecule has 2 bridgehead atoms. The van der Waals surface area contributed by atoms with Crippen molar-refractivity contribution >= 4 is 10.9 Å². The molecule has 0 saturated heterocycles. The van der Waals surface area contributed by atoms with Gasteiger partial charge in [0.1, 0.15) is 17.6 Å². The summed E-state index contributed by atoms with van der Waals surface area (Å²) in [6.45, 7) is 3.62. The molecular weight excluding hydrogens is 340 g/mol. The fraction of sp³-hybridized carbons (Fsp3) is 0.450. The molecule has 3 N–H and O–H groups in total. The van der Waals surface area contributed by atoms with Crippen molar-refractivity contribution in [3.05, 3.63) is 51.8 Å². The number of nitrogens with one attached hydrogen (secondary N) is 3. The third kappa shape index (κ3) is 2.52. The van der Waals surface area contributed by atoms with E-state index in [4.69, 9.17) is 0 Å². The molecule has 138 valence electrons. The summed E-state index contributed by atoms with van der Waals surface area (Å²) in [5, 5.41) is 20.6. The molecule has 3 aromatic rings. The van der Waals surface area contributed by atoms with Crippen LogP contribution < -0.4 is 11.0 Å². The van der Waals surface area contributed by atoms with Crippen molar-refractivity contribution in [1.29, 1.82) is 5.26 Å². The van der Waals surface area contributed by atoms with Crippen LogP contribution in [-0.4, -0.2) is 25.3 Å². The quantitative estimate of drug-likeness (QED) is 0.625. The van der Waals surface area contributed by atoms with Gasteiger partial charge in [0.2, 0.25) is 0 Å². The summed E-state index contributed by atoms with van der Waals surface area (Å²) < 4.78 is 2.20. The molecule has 0 aliphatic heterocycles. The normalized spacial score (nSPS) is 25.8. The van der Waals surface area contributed by atoms with Gasteiger partial charge in [-0.2, -0.15) is 10.4 Å². The molecule has 3 saturated carbocycles. The van der Waals surface area contributed by atoms with E-state index in [1.807, 2.05) is 6.07 Å². The zero-order chi connectivity index (χ0) is 18.6. The van der Waals surface area contributed by atoms with Crippen LogP contribution in [0, 0.1) is 16.7 Å². The molecule has 0 atom stereocenters. The first-order chi connectivity index (χ1) is 13.0. The van der Waals surface area contributed by atoms with Crippen LogP contribution in [0.1, 0.15) is 43.3 Å². The first kappa shape index (κ1) is 16.3. The SMILES string of the molecule is CCc1ccc2c(c1)cc(C#N)n2CC12CC(NCc3n[nH]c(=O)[nH]3)(C1)C2. The summed E-state index contributed by atoms with van der Waals surface area (Å²) >= 11 is 0. The second-order valence-electron chi connectivity index (χ2n) is 8.26. The highest BCUT2D eigenvalue weighted by Gasteiger charge is 2.67. The van der Waals surface area contributed by atoms with Gasteiger partial charge in [-0.1, -0.05) is 13.0 Å². The van der Waals surface area contributed by atoms with E-state index < -0.39 is 0 Å². The van der Waals surface area contributed by atoms with Crippen LogP contribution in [-0.2, 0) is 19.5 Å². The number of H-pyrrole nitrogens is 2. The Balaban J connectivity index is 1.30. The van der Waals surface area contributed by atoms with Crippen LogP contribution in [0.25, 0.3) is 10.9 Å². The predicted molar refractivity (Wildman–Crippen MR) is 101 cm³/mol. The zero-order valence-electron chi connectivity index (χ0n) is 15.3. The standard InChI is InChI=1S/C20H22N6O/c1-2-13-3-4-16-14(5-13)6-15(7-21)26(16)12-19-9-20(10-19,11-19)22-8-17-23-18(27)25-24-17/h3-6,22H,2,8-12H2,1H3,(H2,23,24,25,27). The number of aromatic nitrogens is 4. The number of aromatic amines is 2. The van der Waals surface area contributed by atoms with Gasteiger partial charge in [0.15, 0.2) is 0 Å². The molecule has 2 heterocycles. The largest absolute Gasteiger partial charge is 0.340 e.